The Morgan fingerprint density at radius 2 is 1.74 bits per heavy atom. The van der Waals surface area contributed by atoms with Crippen LogP contribution >= 0.6 is 0 Å². The molecule has 4 rings (SSSR count). The zero-order chi connectivity index (χ0) is 18.6. The van der Waals surface area contributed by atoms with Crippen molar-refractivity contribution < 1.29 is 6.16 Å². The SMILES string of the molecule is N=C(c1ccccc1)c1nc(N2CCOCC2)nc(-c2ccncc2)c1N.[HH]. The lowest BCUT2D eigenvalue weighted by Crippen LogP contribution is -2.37. The van der Waals surface area contributed by atoms with Gasteiger partial charge in [-0.1, -0.05) is 30.3 Å². The van der Waals surface area contributed by atoms with Gasteiger partial charge in [-0.05, 0) is 12.1 Å². The molecule has 7 nitrogen and oxygen atoms in total. The second-order valence-corrected chi connectivity index (χ2v) is 6.21. The van der Waals surface area contributed by atoms with Crippen molar-refractivity contribution >= 4 is 17.3 Å². The smallest absolute Gasteiger partial charge is 0.226 e. The predicted octanol–water partition coefficient (Wildman–Crippen LogP) is 2.62. The average molecular weight is 362 g/mol. The summed E-state index contributed by atoms with van der Waals surface area (Å²) in [5, 5.41) is 8.66. The molecule has 3 aromatic rings. The zero-order valence-electron chi connectivity index (χ0n) is 14.8. The molecule has 3 heterocycles. The van der Waals surface area contributed by atoms with Crippen molar-refractivity contribution in [2.24, 2.45) is 0 Å². The van der Waals surface area contributed by atoms with Crippen LogP contribution in [0.2, 0.25) is 0 Å². The molecule has 0 aliphatic carbocycles. The number of nitrogen functional groups attached to an aromatic ring is 1. The Kier molecular flexibility index (Phi) is 4.76. The molecule has 2 aromatic heterocycles. The van der Waals surface area contributed by atoms with E-state index in [0.29, 0.717) is 49.3 Å². The van der Waals surface area contributed by atoms with E-state index in [1.807, 2.05) is 42.5 Å². The van der Waals surface area contributed by atoms with Crippen LogP contribution in [0.15, 0.2) is 54.9 Å². The molecule has 1 saturated heterocycles. The summed E-state index contributed by atoms with van der Waals surface area (Å²) in [5.74, 6) is 0.565. The first kappa shape index (κ1) is 17.1. The van der Waals surface area contributed by atoms with Crippen molar-refractivity contribution in [1.82, 2.24) is 15.0 Å². The summed E-state index contributed by atoms with van der Waals surface area (Å²) < 4.78 is 5.43. The average Bonchev–Trinajstić information content (AvgIpc) is 2.75. The molecule has 1 aliphatic rings. The largest absolute Gasteiger partial charge is 0.395 e. The Hall–Kier alpha value is -3.32. The number of pyridine rings is 1. The van der Waals surface area contributed by atoms with E-state index in [-0.39, 0.29) is 7.14 Å². The number of nitrogens with zero attached hydrogens (tertiary/aromatic N) is 4. The van der Waals surface area contributed by atoms with Crippen molar-refractivity contribution in [2.45, 2.75) is 0 Å². The number of morpholine rings is 1. The van der Waals surface area contributed by atoms with E-state index in [0.717, 1.165) is 11.1 Å². The molecule has 1 aromatic carbocycles. The molecule has 3 N–H and O–H groups in total. The normalized spacial score (nSPS) is 14.1. The molecule has 0 amide bonds. The van der Waals surface area contributed by atoms with Crippen LogP contribution in [0.5, 0.6) is 0 Å². The maximum absolute atomic E-state index is 8.66. The summed E-state index contributed by atoms with van der Waals surface area (Å²) in [5.41, 5.74) is 9.76. The van der Waals surface area contributed by atoms with Crippen LogP contribution in [0.4, 0.5) is 11.6 Å². The number of benzene rings is 1. The number of ether oxygens (including phenoxy) is 1. The molecule has 1 fully saturated rings. The van der Waals surface area contributed by atoms with Crippen LogP contribution in [0.1, 0.15) is 12.7 Å². The van der Waals surface area contributed by atoms with Gasteiger partial charge in [0.2, 0.25) is 5.95 Å². The Morgan fingerprint density at radius 3 is 2.44 bits per heavy atom. The fourth-order valence-corrected chi connectivity index (χ4v) is 3.02. The van der Waals surface area contributed by atoms with Gasteiger partial charge >= 0.3 is 0 Å². The van der Waals surface area contributed by atoms with Crippen molar-refractivity contribution in [3.63, 3.8) is 0 Å². The van der Waals surface area contributed by atoms with Gasteiger partial charge in [0.25, 0.3) is 0 Å². The molecule has 7 heteroatoms. The van der Waals surface area contributed by atoms with Gasteiger partial charge in [0.15, 0.2) is 0 Å². The van der Waals surface area contributed by atoms with E-state index < -0.39 is 0 Å². The highest BCUT2D eigenvalue weighted by Gasteiger charge is 2.22. The number of anilines is 2. The summed E-state index contributed by atoms with van der Waals surface area (Å²) in [4.78, 5) is 15.5. The molecule has 0 spiro atoms. The quantitative estimate of drug-likeness (QED) is 0.692. The molecule has 138 valence electrons. The third-order valence-corrected chi connectivity index (χ3v) is 4.48. The Labute approximate surface area is 158 Å². The minimum absolute atomic E-state index is 0. The molecular formula is C20H22N6O. The molecule has 0 atom stereocenters. The van der Waals surface area contributed by atoms with Crippen molar-refractivity contribution in [2.75, 3.05) is 36.9 Å². The number of nitrogens with two attached hydrogens (primary N) is 1. The predicted molar refractivity (Wildman–Crippen MR) is 107 cm³/mol. The van der Waals surface area contributed by atoms with Crippen LogP contribution in [0.3, 0.4) is 0 Å². The second-order valence-electron chi connectivity index (χ2n) is 6.21. The van der Waals surface area contributed by atoms with Gasteiger partial charge < -0.3 is 15.4 Å². The molecule has 27 heavy (non-hydrogen) atoms. The van der Waals surface area contributed by atoms with Gasteiger partial charge in [0.05, 0.1) is 30.3 Å². The molecule has 0 radical (unpaired) electrons. The Bertz CT molecular complexity index is 946. The number of aromatic nitrogens is 3. The van der Waals surface area contributed by atoms with Crippen LogP contribution in [-0.4, -0.2) is 47.0 Å². The zero-order valence-corrected chi connectivity index (χ0v) is 14.8. The minimum atomic E-state index is 0. The third-order valence-electron chi connectivity index (χ3n) is 4.48. The molecule has 0 saturated carbocycles. The van der Waals surface area contributed by atoms with Crippen LogP contribution < -0.4 is 10.6 Å². The van der Waals surface area contributed by atoms with Gasteiger partial charge in [-0.3, -0.25) is 10.4 Å². The number of hydrogen-bond donors (Lipinski definition) is 2. The van der Waals surface area contributed by atoms with Gasteiger partial charge in [0.1, 0.15) is 5.69 Å². The monoisotopic (exact) mass is 362 g/mol. The summed E-state index contributed by atoms with van der Waals surface area (Å²) in [6, 6.07) is 13.2. The summed E-state index contributed by atoms with van der Waals surface area (Å²) in [6.07, 6.45) is 3.40. The van der Waals surface area contributed by atoms with E-state index in [1.165, 1.54) is 0 Å². The van der Waals surface area contributed by atoms with Crippen molar-refractivity contribution in [3.8, 4) is 11.3 Å². The van der Waals surface area contributed by atoms with E-state index in [9.17, 15) is 0 Å². The summed E-state index contributed by atoms with van der Waals surface area (Å²) >= 11 is 0. The van der Waals surface area contributed by atoms with Gasteiger partial charge in [0, 0.05) is 38.0 Å². The fourth-order valence-electron chi connectivity index (χ4n) is 3.02. The minimum Gasteiger partial charge on any atom is -0.395 e. The lowest BCUT2D eigenvalue weighted by atomic mass is 10.0. The highest BCUT2D eigenvalue weighted by atomic mass is 16.5. The maximum Gasteiger partial charge on any atom is 0.226 e. The third kappa shape index (κ3) is 3.50. The fraction of sp³-hybridized carbons (Fsp3) is 0.200. The molecule has 1 aliphatic heterocycles. The maximum atomic E-state index is 8.66. The van der Waals surface area contributed by atoms with E-state index in [4.69, 9.17) is 20.9 Å². The highest BCUT2D eigenvalue weighted by Crippen LogP contribution is 2.29. The Morgan fingerprint density at radius 1 is 1.04 bits per heavy atom. The number of nitrogens with one attached hydrogen (secondary N) is 1. The first-order valence-corrected chi connectivity index (χ1v) is 8.79. The molecular weight excluding hydrogens is 340 g/mol. The topological polar surface area (TPSA) is 101 Å². The van der Waals surface area contributed by atoms with Crippen LogP contribution in [0, 0.1) is 5.41 Å². The van der Waals surface area contributed by atoms with Crippen LogP contribution in [-0.2, 0) is 4.74 Å². The van der Waals surface area contributed by atoms with E-state index >= 15 is 0 Å². The van der Waals surface area contributed by atoms with Gasteiger partial charge in [-0.25, -0.2) is 9.97 Å². The first-order chi connectivity index (χ1) is 13.2. The van der Waals surface area contributed by atoms with Gasteiger partial charge in [-0.15, -0.1) is 0 Å². The lowest BCUT2D eigenvalue weighted by molar-refractivity contribution is 0.122. The second kappa shape index (κ2) is 7.51. The highest BCUT2D eigenvalue weighted by molar-refractivity contribution is 6.13. The van der Waals surface area contributed by atoms with Gasteiger partial charge in [-0.2, -0.15) is 0 Å². The number of rotatable bonds is 4. The van der Waals surface area contributed by atoms with Crippen molar-refractivity contribution in [3.05, 3.63) is 66.1 Å². The van der Waals surface area contributed by atoms with E-state index in [1.54, 1.807) is 12.4 Å². The summed E-state index contributed by atoms with van der Waals surface area (Å²) in [6.45, 7) is 2.67. The standard InChI is InChI=1S/C20H20N6O.H2/c21-16(14-4-2-1-3-5-14)19-17(22)18(15-6-8-23-9-7-15)24-20(25-19)26-10-12-27-13-11-26;/h1-9,21H,10-13,22H2;1H. The number of hydrogen-bond acceptors (Lipinski definition) is 7. The summed E-state index contributed by atoms with van der Waals surface area (Å²) in [7, 11) is 0. The van der Waals surface area contributed by atoms with Crippen LogP contribution in [0.25, 0.3) is 11.3 Å². The molecule has 0 unspecified atom stereocenters. The first-order valence-electron chi connectivity index (χ1n) is 8.79. The molecule has 0 bridgehead atoms. The lowest BCUT2D eigenvalue weighted by Gasteiger charge is -2.28. The van der Waals surface area contributed by atoms with Crippen molar-refractivity contribution in [1.29, 1.82) is 5.41 Å². The van der Waals surface area contributed by atoms with E-state index in [2.05, 4.69) is 14.9 Å². The Balaban J connectivity index is 0.00000225.